The lowest BCUT2D eigenvalue weighted by Crippen LogP contribution is -2.31. The number of aromatic nitrogens is 3. The molecule has 36 heavy (non-hydrogen) atoms. The average Bonchev–Trinajstić information content (AvgIpc) is 3.49. The van der Waals surface area contributed by atoms with Crippen LogP contribution in [0.2, 0.25) is 0 Å². The van der Waals surface area contributed by atoms with Crippen LogP contribution in [0, 0.1) is 6.92 Å². The number of carbonyl (C=O) groups excluding carboxylic acids is 1. The smallest absolute Gasteiger partial charge is 0.255 e. The highest BCUT2D eigenvalue weighted by Crippen LogP contribution is 2.40. The molecule has 0 aliphatic carbocycles. The second-order valence-corrected chi connectivity index (χ2v) is 8.82. The molecular formula is C27H25N5O4. The zero-order chi connectivity index (χ0) is 24.6. The standard InChI is InChI=1S/C27H25N5O4/c1-16-6-9-19(10-7-16)29-26(33)23-17(2)28-27-30-25(21-5-3-12-35-21)31-32(27)24(23)18-8-11-20-22(15-18)36-14-4-13-34-20/h3,5-12,15,24H,4,13-14H2,1-2H3,(H,29,33)(H,28,30,31). The van der Waals surface area contributed by atoms with Crippen LogP contribution >= 0.6 is 0 Å². The fourth-order valence-electron chi connectivity index (χ4n) is 4.45. The van der Waals surface area contributed by atoms with Gasteiger partial charge in [-0.2, -0.15) is 4.98 Å². The summed E-state index contributed by atoms with van der Waals surface area (Å²) in [4.78, 5) is 18.3. The quantitative estimate of drug-likeness (QED) is 0.424. The Morgan fingerprint density at radius 1 is 1.06 bits per heavy atom. The summed E-state index contributed by atoms with van der Waals surface area (Å²) < 4.78 is 19.0. The van der Waals surface area contributed by atoms with Crippen LogP contribution in [0.25, 0.3) is 11.6 Å². The van der Waals surface area contributed by atoms with E-state index >= 15 is 0 Å². The SMILES string of the molecule is CC1=C(C(=O)Nc2ccc(C)cc2)C(c2ccc3c(c2)OCCCO3)n2nc(-c3ccco3)nc2N1. The maximum Gasteiger partial charge on any atom is 0.255 e. The summed E-state index contributed by atoms with van der Waals surface area (Å²) >= 11 is 0. The molecule has 0 fully saturated rings. The van der Waals surface area contributed by atoms with E-state index in [1.165, 1.54) is 0 Å². The molecule has 0 spiro atoms. The number of anilines is 2. The lowest BCUT2D eigenvalue weighted by Gasteiger charge is -2.29. The number of aryl methyl sites for hydroxylation is 1. The Bertz CT molecular complexity index is 1450. The Morgan fingerprint density at radius 3 is 2.64 bits per heavy atom. The number of hydrogen-bond acceptors (Lipinski definition) is 7. The summed E-state index contributed by atoms with van der Waals surface area (Å²) in [5.41, 5.74) is 3.86. The van der Waals surface area contributed by atoms with Gasteiger partial charge in [-0.3, -0.25) is 4.79 Å². The molecule has 2 aliphatic heterocycles. The second kappa shape index (κ2) is 8.92. The molecule has 9 heteroatoms. The molecule has 0 saturated heterocycles. The summed E-state index contributed by atoms with van der Waals surface area (Å²) in [7, 11) is 0. The average molecular weight is 484 g/mol. The lowest BCUT2D eigenvalue weighted by molar-refractivity contribution is -0.113. The van der Waals surface area contributed by atoms with Crippen LogP contribution < -0.4 is 20.1 Å². The number of nitrogens with zero attached hydrogens (tertiary/aromatic N) is 3. The zero-order valence-corrected chi connectivity index (χ0v) is 19.9. The van der Waals surface area contributed by atoms with E-state index in [2.05, 4.69) is 15.6 Å². The first-order chi connectivity index (χ1) is 17.6. The summed E-state index contributed by atoms with van der Waals surface area (Å²) in [5, 5.41) is 11.0. The number of carbonyl (C=O) groups is 1. The van der Waals surface area contributed by atoms with Crippen LogP contribution in [0.4, 0.5) is 11.6 Å². The van der Waals surface area contributed by atoms with Crippen molar-refractivity contribution in [2.24, 2.45) is 0 Å². The first-order valence-corrected chi connectivity index (χ1v) is 11.8. The highest BCUT2D eigenvalue weighted by atomic mass is 16.5. The van der Waals surface area contributed by atoms with Gasteiger partial charge in [-0.05, 0) is 55.8 Å². The molecule has 2 aliphatic rings. The van der Waals surface area contributed by atoms with Crippen LogP contribution in [0.15, 0.2) is 76.5 Å². The van der Waals surface area contributed by atoms with Crippen LogP contribution in [-0.2, 0) is 4.79 Å². The molecular weight excluding hydrogens is 458 g/mol. The molecule has 1 atom stereocenters. The number of fused-ring (bicyclic) bond motifs is 2. The Labute approximate surface area is 207 Å². The predicted octanol–water partition coefficient (Wildman–Crippen LogP) is 4.94. The Kier molecular flexibility index (Phi) is 5.44. The Morgan fingerprint density at radius 2 is 1.86 bits per heavy atom. The topological polar surface area (TPSA) is 103 Å². The number of rotatable bonds is 4. The summed E-state index contributed by atoms with van der Waals surface area (Å²) in [6.45, 7) is 5.04. The maximum atomic E-state index is 13.7. The molecule has 2 N–H and O–H groups in total. The van der Waals surface area contributed by atoms with E-state index < -0.39 is 6.04 Å². The van der Waals surface area contributed by atoms with Crippen molar-refractivity contribution in [1.29, 1.82) is 0 Å². The normalized spacial score (nSPS) is 16.7. The van der Waals surface area contributed by atoms with Gasteiger partial charge in [0.05, 0.1) is 25.1 Å². The number of furan rings is 1. The fourth-order valence-corrected chi connectivity index (χ4v) is 4.45. The molecule has 4 aromatic rings. The minimum Gasteiger partial charge on any atom is -0.490 e. The van der Waals surface area contributed by atoms with E-state index in [-0.39, 0.29) is 5.91 Å². The highest BCUT2D eigenvalue weighted by Gasteiger charge is 2.35. The first kappa shape index (κ1) is 22.0. The Hall–Kier alpha value is -4.53. The van der Waals surface area contributed by atoms with Crippen molar-refractivity contribution in [3.63, 3.8) is 0 Å². The number of ether oxygens (including phenoxy) is 2. The number of nitrogens with one attached hydrogen (secondary N) is 2. The zero-order valence-electron chi connectivity index (χ0n) is 19.9. The molecule has 0 bridgehead atoms. The minimum absolute atomic E-state index is 0.235. The fraction of sp³-hybridized carbons (Fsp3) is 0.222. The van der Waals surface area contributed by atoms with Gasteiger partial charge in [-0.25, -0.2) is 4.68 Å². The molecule has 1 unspecified atom stereocenters. The first-order valence-electron chi connectivity index (χ1n) is 11.8. The van der Waals surface area contributed by atoms with Gasteiger partial charge in [-0.15, -0.1) is 5.10 Å². The summed E-state index contributed by atoms with van der Waals surface area (Å²) in [6, 6.07) is 16.5. The van der Waals surface area contributed by atoms with Gasteiger partial charge in [0.2, 0.25) is 11.8 Å². The molecule has 182 valence electrons. The van der Waals surface area contributed by atoms with Gasteiger partial charge < -0.3 is 24.5 Å². The number of hydrogen-bond donors (Lipinski definition) is 2. The second-order valence-electron chi connectivity index (χ2n) is 8.82. The molecule has 2 aromatic heterocycles. The van der Waals surface area contributed by atoms with Gasteiger partial charge in [-0.1, -0.05) is 23.8 Å². The summed E-state index contributed by atoms with van der Waals surface area (Å²) in [6.07, 6.45) is 2.38. The van der Waals surface area contributed by atoms with Crippen molar-refractivity contribution in [2.45, 2.75) is 26.3 Å². The van der Waals surface area contributed by atoms with Crippen molar-refractivity contribution in [3.05, 3.63) is 83.3 Å². The van der Waals surface area contributed by atoms with E-state index in [0.717, 1.165) is 17.5 Å². The lowest BCUT2D eigenvalue weighted by atomic mass is 9.94. The Balaban J connectivity index is 1.45. The highest BCUT2D eigenvalue weighted by molar-refractivity contribution is 6.06. The van der Waals surface area contributed by atoms with Gasteiger partial charge in [0.1, 0.15) is 6.04 Å². The van der Waals surface area contributed by atoms with Gasteiger partial charge in [0.25, 0.3) is 5.91 Å². The van der Waals surface area contributed by atoms with Gasteiger partial charge in [0.15, 0.2) is 17.3 Å². The molecule has 9 nitrogen and oxygen atoms in total. The third-order valence-corrected chi connectivity index (χ3v) is 6.24. The molecule has 0 radical (unpaired) electrons. The molecule has 1 amide bonds. The monoisotopic (exact) mass is 483 g/mol. The van der Waals surface area contributed by atoms with Gasteiger partial charge >= 0.3 is 0 Å². The van der Waals surface area contributed by atoms with Gasteiger partial charge in [0, 0.05) is 17.8 Å². The largest absolute Gasteiger partial charge is 0.490 e. The van der Waals surface area contributed by atoms with E-state index in [0.29, 0.717) is 59.2 Å². The van der Waals surface area contributed by atoms with E-state index in [1.807, 2.05) is 56.3 Å². The van der Waals surface area contributed by atoms with E-state index in [1.54, 1.807) is 23.1 Å². The molecule has 6 rings (SSSR count). The third kappa shape index (κ3) is 3.98. The summed E-state index contributed by atoms with van der Waals surface area (Å²) in [5.74, 6) is 2.58. The van der Waals surface area contributed by atoms with Crippen molar-refractivity contribution in [1.82, 2.24) is 14.8 Å². The molecule has 0 saturated carbocycles. The maximum absolute atomic E-state index is 13.7. The van der Waals surface area contributed by atoms with E-state index in [9.17, 15) is 4.79 Å². The van der Waals surface area contributed by atoms with Crippen molar-refractivity contribution in [3.8, 4) is 23.1 Å². The van der Waals surface area contributed by atoms with Crippen LogP contribution in [0.1, 0.15) is 30.5 Å². The van der Waals surface area contributed by atoms with Crippen molar-refractivity contribution in [2.75, 3.05) is 23.8 Å². The van der Waals surface area contributed by atoms with Crippen molar-refractivity contribution >= 4 is 17.5 Å². The molecule has 4 heterocycles. The number of amides is 1. The third-order valence-electron chi connectivity index (χ3n) is 6.24. The van der Waals surface area contributed by atoms with Crippen LogP contribution in [0.3, 0.4) is 0 Å². The van der Waals surface area contributed by atoms with Crippen LogP contribution in [0.5, 0.6) is 11.5 Å². The molecule has 2 aromatic carbocycles. The minimum atomic E-state index is -0.555. The van der Waals surface area contributed by atoms with Crippen LogP contribution in [-0.4, -0.2) is 33.9 Å². The predicted molar refractivity (Wildman–Crippen MR) is 134 cm³/mol. The number of benzene rings is 2. The number of allylic oxidation sites excluding steroid dienone is 1. The van der Waals surface area contributed by atoms with E-state index in [4.69, 9.17) is 19.0 Å². The van der Waals surface area contributed by atoms with Crippen molar-refractivity contribution < 1.29 is 18.7 Å².